The zero-order valence-corrected chi connectivity index (χ0v) is 16.1. The first-order chi connectivity index (χ1) is 13.2. The molecule has 144 valence electrons. The zero-order chi connectivity index (χ0) is 20.3. The number of nitrogens with one attached hydrogen (secondary N) is 2. The average Bonchev–Trinajstić information content (AvgIpc) is 3.09. The topological polar surface area (TPSA) is 131 Å². The summed E-state index contributed by atoms with van der Waals surface area (Å²) in [5, 5.41) is 15.2. The van der Waals surface area contributed by atoms with Gasteiger partial charge in [0, 0.05) is 35.7 Å². The highest BCUT2D eigenvalue weighted by atomic mass is 32.2. The van der Waals surface area contributed by atoms with Gasteiger partial charge in [0.1, 0.15) is 0 Å². The van der Waals surface area contributed by atoms with E-state index in [1.165, 1.54) is 49.4 Å². The van der Waals surface area contributed by atoms with Gasteiger partial charge in [-0.25, -0.2) is 13.4 Å². The van der Waals surface area contributed by atoms with Crippen LogP contribution in [-0.2, 0) is 14.8 Å². The number of amides is 1. The molecule has 0 saturated heterocycles. The Morgan fingerprint density at radius 3 is 2.54 bits per heavy atom. The maximum Gasteiger partial charge on any atom is 0.270 e. The molecule has 0 aliphatic heterocycles. The van der Waals surface area contributed by atoms with E-state index in [1.54, 1.807) is 11.4 Å². The Morgan fingerprint density at radius 1 is 1.18 bits per heavy atom. The van der Waals surface area contributed by atoms with Crippen LogP contribution in [0.4, 0.5) is 16.5 Å². The quantitative estimate of drug-likeness (QED) is 0.465. The summed E-state index contributed by atoms with van der Waals surface area (Å²) < 4.78 is 27.4. The summed E-state index contributed by atoms with van der Waals surface area (Å²) in [4.78, 5) is 25.6. The summed E-state index contributed by atoms with van der Waals surface area (Å²) in [6.45, 7) is 1.35. The molecule has 1 amide bonds. The van der Waals surface area contributed by atoms with Crippen molar-refractivity contribution >= 4 is 43.8 Å². The summed E-state index contributed by atoms with van der Waals surface area (Å²) in [7, 11) is -3.87. The van der Waals surface area contributed by atoms with Gasteiger partial charge in [0.05, 0.1) is 15.5 Å². The molecule has 0 saturated carbocycles. The fourth-order valence-corrected chi connectivity index (χ4v) is 4.30. The molecule has 0 aliphatic rings. The Morgan fingerprint density at radius 2 is 1.89 bits per heavy atom. The molecule has 2 N–H and O–H groups in total. The number of carbonyl (C=O) groups excluding carboxylic acids is 1. The van der Waals surface area contributed by atoms with Crippen LogP contribution in [0.1, 0.15) is 6.92 Å². The molecule has 3 rings (SSSR count). The SMILES string of the molecule is CC(=O)Nc1ccc(S(=O)(=O)Nc2nc(-c3cccc([N+](=O)[O-])c3)cs2)cc1. The van der Waals surface area contributed by atoms with Crippen LogP contribution in [0.25, 0.3) is 11.3 Å². The lowest BCUT2D eigenvalue weighted by molar-refractivity contribution is -0.384. The number of benzene rings is 2. The number of nitro groups is 1. The second-order valence-electron chi connectivity index (χ2n) is 5.66. The maximum absolute atomic E-state index is 12.5. The number of nitro benzene ring substituents is 1. The minimum Gasteiger partial charge on any atom is -0.326 e. The minimum absolute atomic E-state index is 0.00806. The number of sulfonamides is 1. The van der Waals surface area contributed by atoms with Crippen molar-refractivity contribution < 1.29 is 18.1 Å². The lowest BCUT2D eigenvalue weighted by Crippen LogP contribution is -2.13. The smallest absolute Gasteiger partial charge is 0.270 e. The molecule has 9 nitrogen and oxygen atoms in total. The monoisotopic (exact) mass is 418 g/mol. The predicted octanol–water partition coefficient (Wildman–Crippen LogP) is 3.48. The van der Waals surface area contributed by atoms with Gasteiger partial charge in [0.15, 0.2) is 5.13 Å². The summed E-state index contributed by atoms with van der Waals surface area (Å²) in [6, 6.07) is 11.6. The van der Waals surface area contributed by atoms with E-state index < -0.39 is 14.9 Å². The molecule has 0 fully saturated rings. The molecule has 0 bridgehead atoms. The van der Waals surface area contributed by atoms with Gasteiger partial charge in [-0.1, -0.05) is 12.1 Å². The van der Waals surface area contributed by atoms with Crippen LogP contribution in [0.3, 0.4) is 0 Å². The van der Waals surface area contributed by atoms with Crippen molar-refractivity contribution in [2.75, 3.05) is 10.0 Å². The number of rotatable bonds is 6. The largest absolute Gasteiger partial charge is 0.326 e. The van der Waals surface area contributed by atoms with Gasteiger partial charge >= 0.3 is 0 Å². The van der Waals surface area contributed by atoms with E-state index in [0.717, 1.165) is 11.3 Å². The first kappa shape index (κ1) is 19.5. The molecule has 0 atom stereocenters. The van der Waals surface area contributed by atoms with Crippen LogP contribution in [0.15, 0.2) is 58.8 Å². The molecule has 0 aliphatic carbocycles. The molecule has 28 heavy (non-hydrogen) atoms. The van der Waals surface area contributed by atoms with Crippen molar-refractivity contribution in [3.8, 4) is 11.3 Å². The van der Waals surface area contributed by atoms with Gasteiger partial charge in [-0.3, -0.25) is 19.6 Å². The standard InChI is InChI=1S/C17H14N4O5S2/c1-11(22)18-13-5-7-15(8-6-13)28(25,26)20-17-19-16(10-27-17)12-3-2-4-14(9-12)21(23)24/h2-10H,1H3,(H,18,22)(H,19,20). The first-order valence-corrected chi connectivity index (χ1v) is 10.2. The third-order valence-corrected chi connectivity index (χ3v) is 5.81. The molecular formula is C17H14N4O5S2. The lowest BCUT2D eigenvalue weighted by atomic mass is 10.1. The van der Waals surface area contributed by atoms with Crippen molar-refractivity contribution in [3.63, 3.8) is 0 Å². The van der Waals surface area contributed by atoms with Crippen molar-refractivity contribution in [3.05, 3.63) is 64.0 Å². The highest BCUT2D eigenvalue weighted by Gasteiger charge is 2.17. The van der Waals surface area contributed by atoms with E-state index in [0.29, 0.717) is 16.9 Å². The van der Waals surface area contributed by atoms with Crippen LogP contribution < -0.4 is 10.0 Å². The number of non-ortho nitro benzene ring substituents is 1. The van der Waals surface area contributed by atoms with Crippen LogP contribution in [0.5, 0.6) is 0 Å². The molecule has 0 spiro atoms. The Kier molecular flexibility index (Phi) is 5.38. The summed E-state index contributed by atoms with van der Waals surface area (Å²) in [6.07, 6.45) is 0. The van der Waals surface area contributed by atoms with E-state index in [1.807, 2.05) is 0 Å². The molecular weight excluding hydrogens is 404 g/mol. The van der Waals surface area contributed by atoms with Crippen molar-refractivity contribution in [1.29, 1.82) is 0 Å². The molecule has 0 unspecified atom stereocenters. The third kappa shape index (κ3) is 4.50. The van der Waals surface area contributed by atoms with Gasteiger partial charge in [0.25, 0.3) is 15.7 Å². The Balaban J connectivity index is 1.79. The zero-order valence-electron chi connectivity index (χ0n) is 14.4. The summed E-state index contributed by atoms with van der Waals surface area (Å²) in [5.41, 5.74) is 1.34. The molecule has 0 radical (unpaired) electrons. The molecule has 1 heterocycles. The second kappa shape index (κ2) is 7.74. The van der Waals surface area contributed by atoms with E-state index in [-0.39, 0.29) is 21.6 Å². The van der Waals surface area contributed by atoms with Gasteiger partial charge in [-0.05, 0) is 24.3 Å². The van der Waals surface area contributed by atoms with Crippen molar-refractivity contribution in [2.24, 2.45) is 0 Å². The number of nitrogens with zero attached hydrogens (tertiary/aromatic N) is 2. The fourth-order valence-electron chi connectivity index (χ4n) is 2.33. The van der Waals surface area contributed by atoms with Crippen LogP contribution in [0, 0.1) is 10.1 Å². The van der Waals surface area contributed by atoms with Gasteiger partial charge in [0.2, 0.25) is 5.91 Å². The maximum atomic E-state index is 12.5. The highest BCUT2D eigenvalue weighted by Crippen LogP contribution is 2.28. The molecule has 2 aromatic carbocycles. The summed E-state index contributed by atoms with van der Waals surface area (Å²) >= 11 is 1.06. The van der Waals surface area contributed by atoms with E-state index >= 15 is 0 Å². The van der Waals surface area contributed by atoms with Crippen molar-refractivity contribution in [1.82, 2.24) is 4.98 Å². The number of aromatic nitrogens is 1. The van der Waals surface area contributed by atoms with Crippen LogP contribution in [-0.4, -0.2) is 24.2 Å². The first-order valence-electron chi connectivity index (χ1n) is 7.85. The number of hydrogen-bond acceptors (Lipinski definition) is 7. The fraction of sp³-hybridized carbons (Fsp3) is 0.0588. The van der Waals surface area contributed by atoms with E-state index in [9.17, 15) is 23.3 Å². The van der Waals surface area contributed by atoms with Crippen molar-refractivity contribution in [2.45, 2.75) is 11.8 Å². The van der Waals surface area contributed by atoms with Gasteiger partial charge in [-0.2, -0.15) is 0 Å². The molecule has 1 aromatic heterocycles. The Hall–Kier alpha value is -3.31. The second-order valence-corrected chi connectivity index (χ2v) is 8.20. The van der Waals surface area contributed by atoms with E-state index in [2.05, 4.69) is 15.0 Å². The third-order valence-electron chi connectivity index (χ3n) is 3.56. The van der Waals surface area contributed by atoms with Gasteiger partial charge < -0.3 is 5.32 Å². The molecule has 11 heteroatoms. The number of hydrogen-bond donors (Lipinski definition) is 2. The number of anilines is 2. The number of carbonyl (C=O) groups is 1. The van der Waals surface area contributed by atoms with Crippen LogP contribution >= 0.6 is 11.3 Å². The number of thiazole rings is 1. The summed E-state index contributed by atoms with van der Waals surface area (Å²) in [5.74, 6) is -0.259. The van der Waals surface area contributed by atoms with E-state index in [4.69, 9.17) is 0 Å². The predicted molar refractivity (Wildman–Crippen MR) is 106 cm³/mol. The highest BCUT2D eigenvalue weighted by molar-refractivity contribution is 7.93. The molecule has 3 aromatic rings. The van der Waals surface area contributed by atoms with Gasteiger partial charge in [-0.15, -0.1) is 11.3 Å². The minimum atomic E-state index is -3.87. The lowest BCUT2D eigenvalue weighted by Gasteiger charge is -2.07. The normalized spacial score (nSPS) is 11.0. The Bertz CT molecular complexity index is 1140. The average molecular weight is 418 g/mol. The van der Waals surface area contributed by atoms with Crippen LogP contribution in [0.2, 0.25) is 0 Å². The Labute approximate surface area is 164 Å².